The number of ether oxygens (including phenoxy) is 1. The van der Waals surface area contributed by atoms with Crippen LogP contribution in [0.2, 0.25) is 0 Å². The Morgan fingerprint density at radius 2 is 2.22 bits per heavy atom. The molecule has 1 unspecified atom stereocenters. The molecule has 1 atom stereocenters. The number of carbonyl (C=O) groups excluding carboxylic acids is 1. The second kappa shape index (κ2) is 7.57. The minimum absolute atomic E-state index is 0.0224. The first-order valence-electron chi connectivity index (χ1n) is 7.76. The number of nitrogens with zero attached hydrogens (tertiary/aromatic N) is 2. The average Bonchev–Trinajstić information content (AvgIpc) is 3.13. The van der Waals surface area contributed by atoms with Gasteiger partial charge in [0.05, 0.1) is 11.2 Å². The Morgan fingerprint density at radius 1 is 1.39 bits per heavy atom. The molecule has 1 aromatic carbocycles. The molecule has 0 saturated carbocycles. The van der Waals surface area contributed by atoms with Crippen LogP contribution in [0.25, 0.3) is 0 Å². The SMILES string of the molecule is O=C(c1ccc(OCc2cscn2)cc1)N1CCCC(CO)C1. The maximum atomic E-state index is 12.5. The van der Waals surface area contributed by atoms with E-state index in [1.807, 2.05) is 22.4 Å². The second-order valence-electron chi connectivity index (χ2n) is 5.73. The number of aromatic nitrogens is 1. The van der Waals surface area contributed by atoms with Gasteiger partial charge in [-0.05, 0) is 43.0 Å². The molecule has 1 N–H and O–H groups in total. The molecular weight excluding hydrogens is 312 g/mol. The number of benzene rings is 1. The van der Waals surface area contributed by atoms with E-state index in [9.17, 15) is 9.90 Å². The van der Waals surface area contributed by atoms with Gasteiger partial charge in [0.25, 0.3) is 5.91 Å². The number of thiazole rings is 1. The number of aliphatic hydroxyl groups is 1. The van der Waals surface area contributed by atoms with Crippen molar-refractivity contribution in [1.29, 1.82) is 0 Å². The molecule has 2 heterocycles. The number of amides is 1. The first-order valence-corrected chi connectivity index (χ1v) is 8.70. The summed E-state index contributed by atoms with van der Waals surface area (Å²) in [4.78, 5) is 18.5. The molecule has 0 spiro atoms. The van der Waals surface area contributed by atoms with Crippen LogP contribution in [0.3, 0.4) is 0 Å². The molecular formula is C17H20N2O3S. The molecule has 5 nitrogen and oxygen atoms in total. The van der Waals surface area contributed by atoms with Gasteiger partial charge in [0.1, 0.15) is 12.4 Å². The van der Waals surface area contributed by atoms with Crippen LogP contribution in [-0.2, 0) is 6.61 Å². The van der Waals surface area contributed by atoms with Crippen molar-refractivity contribution in [3.05, 3.63) is 46.4 Å². The summed E-state index contributed by atoms with van der Waals surface area (Å²) in [6.45, 7) is 1.98. The molecule has 23 heavy (non-hydrogen) atoms. The largest absolute Gasteiger partial charge is 0.487 e. The highest BCUT2D eigenvalue weighted by Crippen LogP contribution is 2.20. The lowest BCUT2D eigenvalue weighted by molar-refractivity contribution is 0.0620. The van der Waals surface area contributed by atoms with Crippen molar-refractivity contribution in [3.63, 3.8) is 0 Å². The van der Waals surface area contributed by atoms with Gasteiger partial charge in [-0.1, -0.05) is 0 Å². The summed E-state index contributed by atoms with van der Waals surface area (Å²) in [5.41, 5.74) is 3.33. The normalized spacial score (nSPS) is 18.0. The minimum atomic E-state index is 0.0224. The van der Waals surface area contributed by atoms with Gasteiger partial charge in [0.2, 0.25) is 0 Å². The van der Waals surface area contributed by atoms with E-state index in [2.05, 4.69) is 4.98 Å². The zero-order valence-electron chi connectivity index (χ0n) is 12.9. The second-order valence-corrected chi connectivity index (χ2v) is 6.45. The van der Waals surface area contributed by atoms with Crippen LogP contribution >= 0.6 is 11.3 Å². The Balaban J connectivity index is 1.58. The molecule has 1 fully saturated rings. The summed E-state index contributed by atoms with van der Waals surface area (Å²) in [6.07, 6.45) is 1.94. The summed E-state index contributed by atoms with van der Waals surface area (Å²) >= 11 is 1.54. The van der Waals surface area contributed by atoms with Crippen molar-refractivity contribution < 1.29 is 14.6 Å². The highest BCUT2D eigenvalue weighted by Gasteiger charge is 2.23. The summed E-state index contributed by atoms with van der Waals surface area (Å²) in [5.74, 6) is 0.948. The van der Waals surface area contributed by atoms with Gasteiger partial charge in [-0.3, -0.25) is 4.79 Å². The Morgan fingerprint density at radius 3 is 2.91 bits per heavy atom. The maximum Gasteiger partial charge on any atom is 0.253 e. The van der Waals surface area contributed by atoms with E-state index in [0.29, 0.717) is 18.7 Å². The van der Waals surface area contributed by atoms with Crippen LogP contribution in [0, 0.1) is 5.92 Å². The Hall–Kier alpha value is -1.92. The molecule has 1 saturated heterocycles. The Bertz CT molecular complexity index is 628. The first kappa shape index (κ1) is 16.0. The third-order valence-electron chi connectivity index (χ3n) is 4.04. The van der Waals surface area contributed by atoms with Crippen LogP contribution in [0.4, 0.5) is 0 Å². The minimum Gasteiger partial charge on any atom is -0.487 e. The van der Waals surface area contributed by atoms with E-state index in [-0.39, 0.29) is 18.4 Å². The number of piperidine rings is 1. The number of likely N-dealkylation sites (tertiary alicyclic amines) is 1. The third kappa shape index (κ3) is 4.09. The molecule has 6 heteroatoms. The number of hydrogen-bond donors (Lipinski definition) is 1. The van der Waals surface area contributed by atoms with Gasteiger partial charge in [-0.25, -0.2) is 4.98 Å². The highest BCUT2D eigenvalue weighted by molar-refractivity contribution is 7.07. The highest BCUT2D eigenvalue weighted by atomic mass is 32.1. The molecule has 0 aliphatic carbocycles. The zero-order chi connectivity index (χ0) is 16.1. The first-order chi connectivity index (χ1) is 11.3. The lowest BCUT2D eigenvalue weighted by atomic mass is 9.98. The average molecular weight is 332 g/mol. The smallest absolute Gasteiger partial charge is 0.253 e. The van der Waals surface area contributed by atoms with Crippen molar-refractivity contribution in [2.75, 3.05) is 19.7 Å². The molecule has 1 amide bonds. The number of rotatable bonds is 5. The van der Waals surface area contributed by atoms with Crippen LogP contribution in [0.1, 0.15) is 28.9 Å². The number of aliphatic hydroxyl groups excluding tert-OH is 1. The van der Waals surface area contributed by atoms with E-state index < -0.39 is 0 Å². The van der Waals surface area contributed by atoms with Crippen molar-refractivity contribution >= 4 is 17.2 Å². The predicted molar refractivity (Wildman–Crippen MR) is 88.6 cm³/mol. The van der Waals surface area contributed by atoms with Gasteiger partial charge in [-0.15, -0.1) is 11.3 Å². The fourth-order valence-corrected chi connectivity index (χ4v) is 3.28. The Labute approximate surface area is 139 Å². The van der Waals surface area contributed by atoms with E-state index >= 15 is 0 Å². The van der Waals surface area contributed by atoms with Gasteiger partial charge in [0, 0.05) is 30.6 Å². The lowest BCUT2D eigenvalue weighted by Gasteiger charge is -2.31. The lowest BCUT2D eigenvalue weighted by Crippen LogP contribution is -2.40. The van der Waals surface area contributed by atoms with Crippen molar-refractivity contribution in [2.45, 2.75) is 19.4 Å². The van der Waals surface area contributed by atoms with E-state index in [1.54, 1.807) is 17.6 Å². The summed E-state index contributed by atoms with van der Waals surface area (Å²) in [5, 5.41) is 11.2. The van der Waals surface area contributed by atoms with Crippen LogP contribution in [0.5, 0.6) is 5.75 Å². The van der Waals surface area contributed by atoms with Crippen LogP contribution < -0.4 is 4.74 Å². The molecule has 122 valence electrons. The molecule has 1 aliphatic heterocycles. The topological polar surface area (TPSA) is 62.7 Å². The fraction of sp³-hybridized carbons (Fsp3) is 0.412. The van der Waals surface area contributed by atoms with Crippen molar-refractivity contribution in [3.8, 4) is 5.75 Å². The molecule has 1 aromatic heterocycles. The van der Waals surface area contributed by atoms with E-state index in [4.69, 9.17) is 4.74 Å². The number of hydrogen-bond acceptors (Lipinski definition) is 5. The third-order valence-corrected chi connectivity index (χ3v) is 4.67. The van der Waals surface area contributed by atoms with E-state index in [0.717, 1.165) is 30.8 Å². The van der Waals surface area contributed by atoms with E-state index in [1.165, 1.54) is 11.3 Å². The molecule has 1 aliphatic rings. The monoisotopic (exact) mass is 332 g/mol. The van der Waals surface area contributed by atoms with Crippen molar-refractivity contribution in [1.82, 2.24) is 9.88 Å². The summed E-state index contributed by atoms with van der Waals surface area (Å²) in [6, 6.07) is 7.21. The Kier molecular flexibility index (Phi) is 5.25. The van der Waals surface area contributed by atoms with Crippen LogP contribution in [0.15, 0.2) is 35.2 Å². The quantitative estimate of drug-likeness (QED) is 0.914. The van der Waals surface area contributed by atoms with Gasteiger partial charge >= 0.3 is 0 Å². The maximum absolute atomic E-state index is 12.5. The van der Waals surface area contributed by atoms with Gasteiger partial charge in [-0.2, -0.15) is 0 Å². The zero-order valence-corrected chi connectivity index (χ0v) is 13.7. The number of carbonyl (C=O) groups is 1. The van der Waals surface area contributed by atoms with Crippen LogP contribution in [-0.4, -0.2) is 40.6 Å². The molecule has 0 radical (unpaired) electrons. The predicted octanol–water partition coefficient (Wildman–Crippen LogP) is 2.57. The summed E-state index contributed by atoms with van der Waals surface area (Å²) in [7, 11) is 0. The fourth-order valence-electron chi connectivity index (χ4n) is 2.74. The molecule has 2 aromatic rings. The molecule has 0 bridgehead atoms. The van der Waals surface area contributed by atoms with Gasteiger partial charge in [0.15, 0.2) is 0 Å². The molecule has 3 rings (SSSR count). The summed E-state index contributed by atoms with van der Waals surface area (Å²) < 4.78 is 5.65. The van der Waals surface area contributed by atoms with Crippen molar-refractivity contribution in [2.24, 2.45) is 5.92 Å². The standard InChI is InChI=1S/C17H20N2O3S/c20-9-13-2-1-7-19(8-13)17(21)14-3-5-16(6-4-14)22-10-15-11-23-12-18-15/h3-6,11-13,20H,1-2,7-10H2. The van der Waals surface area contributed by atoms with Gasteiger partial charge < -0.3 is 14.7 Å².